The van der Waals surface area contributed by atoms with Crippen molar-refractivity contribution in [3.8, 4) is 0 Å². The Labute approximate surface area is 142 Å². The Hall–Kier alpha value is -0.0400. The van der Waals surface area contributed by atoms with E-state index in [-0.39, 0.29) is 24.0 Å². The van der Waals surface area contributed by atoms with Crippen LogP contribution in [0.15, 0.2) is 4.99 Å². The molecule has 2 N–H and O–H groups in total. The van der Waals surface area contributed by atoms with Crippen molar-refractivity contribution < 1.29 is 0 Å². The lowest BCUT2D eigenvalue weighted by atomic mass is 10.1. The molecule has 0 aromatic carbocycles. The van der Waals surface area contributed by atoms with Crippen LogP contribution in [0, 0.1) is 11.8 Å². The lowest BCUT2D eigenvalue weighted by molar-refractivity contribution is 0.265. The Morgan fingerprint density at radius 1 is 1.25 bits per heavy atom. The molecular formula is C15H33IN4. The van der Waals surface area contributed by atoms with Crippen molar-refractivity contribution in [1.82, 2.24) is 15.5 Å². The fourth-order valence-electron chi connectivity index (χ4n) is 2.38. The molecule has 0 bridgehead atoms. The molecule has 1 rings (SSSR count). The van der Waals surface area contributed by atoms with Gasteiger partial charge in [-0.05, 0) is 32.6 Å². The Bertz CT molecular complexity index is 292. The fourth-order valence-corrected chi connectivity index (χ4v) is 2.38. The average molecular weight is 396 g/mol. The van der Waals surface area contributed by atoms with Crippen LogP contribution in [0.4, 0.5) is 0 Å². The highest BCUT2D eigenvalue weighted by molar-refractivity contribution is 14.0. The van der Waals surface area contributed by atoms with E-state index in [1.807, 2.05) is 0 Å². The zero-order chi connectivity index (χ0) is 14.4. The molecule has 120 valence electrons. The first kappa shape index (κ1) is 20.0. The summed E-state index contributed by atoms with van der Waals surface area (Å²) in [6.07, 6.45) is 0. The topological polar surface area (TPSA) is 39.7 Å². The second-order valence-electron chi connectivity index (χ2n) is 6.39. The van der Waals surface area contributed by atoms with Gasteiger partial charge in [0, 0.05) is 38.3 Å². The molecule has 5 heteroatoms. The second kappa shape index (κ2) is 9.82. The van der Waals surface area contributed by atoms with E-state index in [1.54, 1.807) is 0 Å². The van der Waals surface area contributed by atoms with Crippen molar-refractivity contribution in [1.29, 1.82) is 0 Å². The number of likely N-dealkylation sites (tertiary alicyclic amines) is 1. The Kier molecular flexibility index (Phi) is 9.80. The lowest BCUT2D eigenvalue weighted by Crippen LogP contribution is -2.47. The summed E-state index contributed by atoms with van der Waals surface area (Å²) in [4.78, 5) is 7.19. The van der Waals surface area contributed by atoms with E-state index in [2.05, 4.69) is 62.1 Å². The third-order valence-electron chi connectivity index (χ3n) is 3.65. The first-order valence-corrected chi connectivity index (χ1v) is 7.72. The molecule has 1 aliphatic rings. The zero-order valence-electron chi connectivity index (χ0n) is 13.9. The molecule has 0 saturated carbocycles. The summed E-state index contributed by atoms with van der Waals surface area (Å²) in [5.41, 5.74) is 0. The van der Waals surface area contributed by atoms with Crippen molar-refractivity contribution in [3.05, 3.63) is 0 Å². The minimum Gasteiger partial charge on any atom is -0.357 e. The Morgan fingerprint density at radius 2 is 1.90 bits per heavy atom. The van der Waals surface area contributed by atoms with Crippen LogP contribution < -0.4 is 10.6 Å². The van der Waals surface area contributed by atoms with Crippen LogP contribution in [0.25, 0.3) is 0 Å². The molecule has 0 radical (unpaired) electrons. The van der Waals surface area contributed by atoms with Crippen molar-refractivity contribution in [2.24, 2.45) is 16.8 Å². The highest BCUT2D eigenvalue weighted by Gasteiger charge is 2.31. The van der Waals surface area contributed by atoms with Gasteiger partial charge in [-0.2, -0.15) is 0 Å². The molecule has 0 aromatic rings. The highest BCUT2D eigenvalue weighted by atomic mass is 127. The predicted molar refractivity (Wildman–Crippen MR) is 99.0 cm³/mol. The van der Waals surface area contributed by atoms with Crippen LogP contribution >= 0.6 is 24.0 Å². The molecule has 0 spiro atoms. The molecule has 4 nitrogen and oxygen atoms in total. The van der Waals surface area contributed by atoms with E-state index in [9.17, 15) is 0 Å². The van der Waals surface area contributed by atoms with Crippen LogP contribution in [0.1, 0.15) is 41.5 Å². The fraction of sp³-hybridized carbons (Fsp3) is 0.933. The predicted octanol–water partition coefficient (Wildman–Crippen LogP) is 2.54. The van der Waals surface area contributed by atoms with Crippen LogP contribution in [-0.4, -0.2) is 49.1 Å². The summed E-state index contributed by atoms with van der Waals surface area (Å²) in [5, 5.41) is 6.95. The largest absolute Gasteiger partial charge is 0.357 e. The van der Waals surface area contributed by atoms with Crippen LogP contribution in [0.3, 0.4) is 0 Å². The maximum atomic E-state index is 4.66. The van der Waals surface area contributed by atoms with E-state index in [0.29, 0.717) is 23.9 Å². The number of hydrogen-bond donors (Lipinski definition) is 2. The van der Waals surface area contributed by atoms with E-state index in [1.165, 1.54) is 6.54 Å². The van der Waals surface area contributed by atoms with Gasteiger partial charge >= 0.3 is 0 Å². The molecule has 2 unspecified atom stereocenters. The maximum Gasteiger partial charge on any atom is 0.191 e. The average Bonchev–Trinajstić information content (AvgIpc) is 2.68. The van der Waals surface area contributed by atoms with Gasteiger partial charge in [0.15, 0.2) is 5.96 Å². The van der Waals surface area contributed by atoms with Crippen molar-refractivity contribution in [3.63, 3.8) is 0 Å². The molecule has 0 aromatic heterocycles. The lowest BCUT2D eigenvalue weighted by Gasteiger charge is -2.22. The molecule has 1 fully saturated rings. The SMILES string of the molecule is CCNC(=NCC(C)C)NC1CN(C(C)C)CC1C.I. The zero-order valence-corrected chi connectivity index (χ0v) is 16.3. The number of nitrogens with zero attached hydrogens (tertiary/aromatic N) is 2. The van der Waals surface area contributed by atoms with Gasteiger partial charge < -0.3 is 10.6 Å². The monoisotopic (exact) mass is 396 g/mol. The summed E-state index contributed by atoms with van der Waals surface area (Å²) in [5.74, 6) is 2.24. The Balaban J connectivity index is 0.00000361. The normalized spacial score (nSPS) is 24.1. The van der Waals surface area contributed by atoms with Crippen LogP contribution in [0.2, 0.25) is 0 Å². The number of guanidine groups is 1. The van der Waals surface area contributed by atoms with Crippen molar-refractivity contribution in [2.45, 2.75) is 53.6 Å². The van der Waals surface area contributed by atoms with Gasteiger partial charge in [0.1, 0.15) is 0 Å². The number of hydrogen-bond acceptors (Lipinski definition) is 2. The van der Waals surface area contributed by atoms with E-state index in [0.717, 1.165) is 25.6 Å². The second-order valence-corrected chi connectivity index (χ2v) is 6.39. The van der Waals surface area contributed by atoms with Crippen LogP contribution in [0.5, 0.6) is 0 Å². The molecule has 1 aliphatic heterocycles. The third-order valence-corrected chi connectivity index (χ3v) is 3.65. The van der Waals surface area contributed by atoms with Crippen molar-refractivity contribution >= 4 is 29.9 Å². The Morgan fingerprint density at radius 3 is 2.35 bits per heavy atom. The van der Waals surface area contributed by atoms with Gasteiger partial charge in [-0.1, -0.05) is 20.8 Å². The molecule has 20 heavy (non-hydrogen) atoms. The molecule has 1 heterocycles. The van der Waals surface area contributed by atoms with Gasteiger partial charge in [-0.3, -0.25) is 9.89 Å². The minimum absolute atomic E-state index is 0. The number of rotatable bonds is 5. The number of aliphatic imine (C=N–C) groups is 1. The first-order valence-electron chi connectivity index (χ1n) is 7.72. The van der Waals surface area contributed by atoms with E-state index < -0.39 is 0 Å². The molecule has 0 aliphatic carbocycles. The third kappa shape index (κ3) is 6.61. The van der Waals surface area contributed by atoms with E-state index in [4.69, 9.17) is 0 Å². The quantitative estimate of drug-likeness (QED) is 0.426. The van der Waals surface area contributed by atoms with Gasteiger partial charge in [0.25, 0.3) is 0 Å². The van der Waals surface area contributed by atoms with E-state index >= 15 is 0 Å². The number of halogens is 1. The van der Waals surface area contributed by atoms with Gasteiger partial charge in [0.2, 0.25) is 0 Å². The maximum absolute atomic E-state index is 4.66. The summed E-state index contributed by atoms with van der Waals surface area (Å²) in [7, 11) is 0. The molecule has 0 amide bonds. The van der Waals surface area contributed by atoms with Gasteiger partial charge in [0.05, 0.1) is 0 Å². The van der Waals surface area contributed by atoms with Gasteiger partial charge in [-0.15, -0.1) is 24.0 Å². The highest BCUT2D eigenvalue weighted by Crippen LogP contribution is 2.18. The van der Waals surface area contributed by atoms with Crippen molar-refractivity contribution in [2.75, 3.05) is 26.2 Å². The summed E-state index contributed by atoms with van der Waals surface area (Å²) >= 11 is 0. The summed E-state index contributed by atoms with van der Waals surface area (Å²) in [6, 6.07) is 1.14. The molecule has 1 saturated heterocycles. The standard InChI is InChI=1S/C15H32N4.HI/c1-7-16-15(17-8-11(2)3)18-14-10-19(12(4)5)9-13(14)6;/h11-14H,7-10H2,1-6H3,(H2,16,17,18);1H. The summed E-state index contributed by atoms with van der Waals surface area (Å²) < 4.78 is 0. The first-order chi connectivity index (χ1) is 8.93. The smallest absolute Gasteiger partial charge is 0.191 e. The number of nitrogens with one attached hydrogen (secondary N) is 2. The van der Waals surface area contributed by atoms with Gasteiger partial charge in [-0.25, -0.2) is 0 Å². The molecular weight excluding hydrogens is 363 g/mol. The summed E-state index contributed by atoms with van der Waals surface area (Å²) in [6.45, 7) is 17.5. The molecule has 2 atom stereocenters. The minimum atomic E-state index is 0. The van der Waals surface area contributed by atoms with Crippen LogP contribution in [-0.2, 0) is 0 Å².